The first-order valence-electron chi connectivity index (χ1n) is 12.6. The van der Waals surface area contributed by atoms with E-state index in [4.69, 9.17) is 4.11 Å². The Hall–Kier alpha value is -3.19. The molecule has 2 bridgehead atoms. The number of rotatable bonds is 4. The summed E-state index contributed by atoms with van der Waals surface area (Å²) >= 11 is 0. The summed E-state index contributed by atoms with van der Waals surface area (Å²) in [5.74, 6) is 0.814. The van der Waals surface area contributed by atoms with Crippen molar-refractivity contribution in [2.45, 2.75) is 50.2 Å². The van der Waals surface area contributed by atoms with Gasteiger partial charge in [-0.3, -0.25) is 4.79 Å². The van der Waals surface area contributed by atoms with E-state index in [1.54, 1.807) is 24.3 Å². The molecule has 0 saturated carbocycles. The van der Waals surface area contributed by atoms with Crippen LogP contribution in [0, 0.1) is 0 Å². The van der Waals surface area contributed by atoms with Gasteiger partial charge in [-0.2, -0.15) is 0 Å². The summed E-state index contributed by atoms with van der Waals surface area (Å²) < 4.78 is 22.9. The molecule has 2 N–H and O–H groups in total. The van der Waals surface area contributed by atoms with Crippen LogP contribution in [0.15, 0.2) is 53.5 Å². The number of benzene rings is 1. The Morgan fingerprint density at radius 2 is 1.88 bits per heavy atom. The number of hydrogen-bond donors (Lipinski definition) is 2. The van der Waals surface area contributed by atoms with Crippen molar-refractivity contribution in [1.29, 1.82) is 0 Å². The summed E-state index contributed by atoms with van der Waals surface area (Å²) in [7, 11) is 2.07. The molecule has 0 amide bonds. The van der Waals surface area contributed by atoms with Crippen molar-refractivity contribution in [2.75, 3.05) is 11.9 Å². The van der Waals surface area contributed by atoms with E-state index in [1.165, 1.54) is 31.5 Å². The highest BCUT2D eigenvalue weighted by molar-refractivity contribution is 5.74. The van der Waals surface area contributed by atoms with Crippen molar-refractivity contribution in [3.8, 4) is 28.1 Å². The number of nitrogens with zero attached hydrogens (tertiary/aromatic N) is 4. The molecular weight excluding hydrogens is 402 g/mol. The van der Waals surface area contributed by atoms with Gasteiger partial charge in [0.1, 0.15) is 5.75 Å². The molecule has 0 spiro atoms. The average molecular weight is 435 g/mol. The number of aryl methyl sites for hydroxylation is 1. The molecule has 2 aliphatic heterocycles. The number of fused-ring (bicyclic) bond motifs is 2. The fourth-order valence-electron chi connectivity index (χ4n) is 4.98. The lowest BCUT2D eigenvalue weighted by molar-refractivity contribution is 0.219. The summed E-state index contributed by atoms with van der Waals surface area (Å²) in [4.78, 5) is 14.4. The lowest BCUT2D eigenvalue weighted by Crippen LogP contribution is -2.54. The predicted octanol–water partition coefficient (Wildman–Crippen LogP) is 3.32. The molecule has 3 atom stereocenters. The largest absolute Gasteiger partial charge is 0.507 e. The van der Waals surface area contributed by atoms with Crippen LogP contribution in [-0.2, 0) is 6.98 Å². The van der Waals surface area contributed by atoms with Gasteiger partial charge in [-0.15, -0.1) is 10.2 Å². The first-order chi connectivity index (χ1) is 16.7. The summed E-state index contributed by atoms with van der Waals surface area (Å²) in [5.41, 5.74) is 1.57. The van der Waals surface area contributed by atoms with Crippen LogP contribution in [0.3, 0.4) is 0 Å². The van der Waals surface area contributed by atoms with Crippen molar-refractivity contribution in [2.24, 2.45) is 6.98 Å². The molecule has 0 radical (unpaired) electrons. The van der Waals surface area contributed by atoms with Crippen LogP contribution in [0.25, 0.3) is 22.4 Å². The zero-order valence-corrected chi connectivity index (χ0v) is 18.0. The van der Waals surface area contributed by atoms with Crippen molar-refractivity contribution >= 4 is 5.82 Å². The van der Waals surface area contributed by atoms with Crippen molar-refractivity contribution in [1.82, 2.24) is 20.1 Å². The van der Waals surface area contributed by atoms with E-state index < -0.39 is 12.5 Å². The molecule has 2 saturated heterocycles. The van der Waals surface area contributed by atoms with Crippen LogP contribution in [0.5, 0.6) is 5.75 Å². The van der Waals surface area contributed by atoms with Crippen LogP contribution >= 0.6 is 0 Å². The van der Waals surface area contributed by atoms with Gasteiger partial charge in [0.05, 0.1) is 5.69 Å². The van der Waals surface area contributed by atoms with Gasteiger partial charge >= 0.3 is 0 Å². The first kappa shape index (κ1) is 17.4. The molecule has 1 aromatic carbocycles. The number of piperidine rings is 2. The van der Waals surface area contributed by atoms with Crippen molar-refractivity contribution < 1.29 is 9.22 Å². The molecule has 0 aliphatic carbocycles. The lowest BCUT2D eigenvalue weighted by Gasteiger charge is -2.43. The third-order valence-electron chi connectivity index (χ3n) is 6.78. The first-order valence-corrected chi connectivity index (χ1v) is 11.1. The normalized spacial score (nSPS) is 24.3. The molecule has 3 aromatic rings. The van der Waals surface area contributed by atoms with Gasteiger partial charge in [0.15, 0.2) is 5.82 Å². The van der Waals surface area contributed by atoms with E-state index in [-0.39, 0.29) is 5.75 Å². The van der Waals surface area contributed by atoms with Crippen molar-refractivity contribution in [3.05, 3.63) is 59.0 Å². The number of anilines is 1. The number of hydrogen-bond acceptors (Lipinski definition) is 6. The fraction of sp³-hybridized carbons (Fsp3) is 0.400. The molecule has 2 aliphatic rings. The van der Waals surface area contributed by atoms with E-state index in [9.17, 15) is 9.90 Å². The average Bonchev–Trinajstić information content (AvgIpc) is 2.82. The number of phenolic OH excluding ortho intramolecular Hbond substituents is 1. The molecule has 32 heavy (non-hydrogen) atoms. The van der Waals surface area contributed by atoms with Gasteiger partial charge in [-0.05, 0) is 67.1 Å². The molecule has 1 unspecified atom stereocenters. The van der Waals surface area contributed by atoms with E-state index in [0.717, 1.165) is 18.7 Å². The Labute approximate surface area is 192 Å². The Kier molecular flexibility index (Phi) is 4.56. The van der Waals surface area contributed by atoms with Crippen LogP contribution < -0.4 is 15.8 Å². The maximum Gasteiger partial charge on any atom is 0.250 e. The van der Waals surface area contributed by atoms with Gasteiger partial charge in [0, 0.05) is 54.1 Å². The maximum atomic E-state index is 12.2. The molecule has 7 nitrogen and oxygen atoms in total. The minimum atomic E-state index is -2.53. The lowest BCUT2D eigenvalue weighted by atomic mass is 9.83. The second kappa shape index (κ2) is 8.39. The second-order valence-corrected chi connectivity index (χ2v) is 8.86. The smallest absolute Gasteiger partial charge is 0.250 e. The van der Waals surface area contributed by atoms with E-state index >= 15 is 0 Å². The van der Waals surface area contributed by atoms with Gasteiger partial charge in [0.25, 0.3) is 5.56 Å². The molecule has 4 heterocycles. The quantitative estimate of drug-likeness (QED) is 0.655. The fourth-order valence-corrected chi connectivity index (χ4v) is 4.98. The SMILES string of the molecule is [2H]C([2H])([2H])n1ccc(-c2ccc(-c3ccc(N(C)C4C[C@H]5CCC[C@@H](C4)N5)nn3)c(O)c2)cc1=O. The zero-order chi connectivity index (χ0) is 24.7. The van der Waals surface area contributed by atoms with Gasteiger partial charge in [-0.1, -0.05) is 12.5 Å². The van der Waals surface area contributed by atoms with Crippen LogP contribution in [-0.4, -0.2) is 45.0 Å². The van der Waals surface area contributed by atoms with Crippen LogP contribution in [0.4, 0.5) is 5.82 Å². The van der Waals surface area contributed by atoms with Gasteiger partial charge < -0.3 is 19.9 Å². The van der Waals surface area contributed by atoms with E-state index in [2.05, 4.69) is 27.5 Å². The van der Waals surface area contributed by atoms with Gasteiger partial charge in [0.2, 0.25) is 0 Å². The van der Waals surface area contributed by atoms with E-state index in [0.29, 0.717) is 45.1 Å². The number of nitrogens with one attached hydrogen (secondary N) is 1. The Morgan fingerprint density at radius 3 is 2.53 bits per heavy atom. The van der Waals surface area contributed by atoms with Crippen LogP contribution in [0.1, 0.15) is 36.2 Å². The number of aromatic nitrogens is 3. The molecule has 2 fully saturated rings. The monoisotopic (exact) mass is 434 g/mol. The Morgan fingerprint density at radius 1 is 1.09 bits per heavy atom. The highest BCUT2D eigenvalue weighted by atomic mass is 16.3. The summed E-state index contributed by atoms with van der Waals surface area (Å²) in [5, 5.41) is 23.2. The summed E-state index contributed by atoms with van der Waals surface area (Å²) in [6.45, 7) is -2.53. The topological polar surface area (TPSA) is 83.3 Å². The summed E-state index contributed by atoms with van der Waals surface area (Å²) in [6.07, 6.45) is 7.23. The second-order valence-electron chi connectivity index (χ2n) is 8.86. The minimum absolute atomic E-state index is 0.00378. The predicted molar refractivity (Wildman–Crippen MR) is 126 cm³/mol. The Bertz CT molecular complexity index is 1260. The minimum Gasteiger partial charge on any atom is -0.507 e. The zero-order valence-electron chi connectivity index (χ0n) is 21.0. The van der Waals surface area contributed by atoms with Crippen LogP contribution in [0.2, 0.25) is 0 Å². The Balaban J connectivity index is 1.34. The number of phenols is 1. The summed E-state index contributed by atoms with van der Waals surface area (Å²) in [6, 6.07) is 13.2. The van der Waals surface area contributed by atoms with Gasteiger partial charge in [-0.25, -0.2) is 0 Å². The molecule has 5 rings (SSSR count). The third-order valence-corrected chi connectivity index (χ3v) is 6.78. The molecule has 2 aromatic heterocycles. The number of pyridine rings is 1. The molecular formula is C25H29N5O2. The standard InChI is InChI=1S/C25H29N5O2/c1-29-11-10-17(13-25(29)32)16-6-7-21(23(31)12-16)22-8-9-24(28-27-22)30(2)20-14-18-4-3-5-19(15-20)26-18/h6-13,18-20,26,31H,3-5,14-15H2,1-2H3/t18-,19+,20?/i1D3. The number of aromatic hydroxyl groups is 1. The highest BCUT2D eigenvalue weighted by Crippen LogP contribution is 2.33. The molecule has 7 heteroatoms. The maximum absolute atomic E-state index is 12.2. The van der Waals surface area contributed by atoms with Crippen molar-refractivity contribution in [3.63, 3.8) is 0 Å². The highest BCUT2D eigenvalue weighted by Gasteiger charge is 2.33. The van der Waals surface area contributed by atoms with E-state index in [1.807, 2.05) is 12.1 Å². The third kappa shape index (κ3) is 4.00. The molecule has 166 valence electrons.